The molecule has 0 spiro atoms. The van der Waals surface area contributed by atoms with Gasteiger partial charge in [0.05, 0.1) is 5.75 Å². The molecule has 0 radical (unpaired) electrons. The first-order chi connectivity index (χ1) is 11.8. The molecule has 0 aromatic heterocycles. The van der Waals surface area contributed by atoms with E-state index in [4.69, 9.17) is 0 Å². The highest BCUT2D eigenvalue weighted by Crippen LogP contribution is 2.18. The molecule has 0 fully saturated rings. The molecule has 1 rings (SSSR count). The van der Waals surface area contributed by atoms with Gasteiger partial charge in [-0.2, -0.15) is 0 Å². The molecule has 0 amide bonds. The van der Waals surface area contributed by atoms with E-state index in [0.717, 1.165) is 12.8 Å². The lowest BCUT2D eigenvalue weighted by Gasteiger charge is -2.03. The third-order valence-electron chi connectivity index (χ3n) is 4.45. The summed E-state index contributed by atoms with van der Waals surface area (Å²) in [5.41, 5.74) is 0. The van der Waals surface area contributed by atoms with Crippen LogP contribution in [0.15, 0.2) is 35.2 Å². The van der Waals surface area contributed by atoms with E-state index >= 15 is 0 Å². The number of hydrogen-bond donors (Lipinski definition) is 0. The van der Waals surface area contributed by atoms with Gasteiger partial charge in [-0.05, 0) is 18.6 Å². The molecular weight excluding hydrogens is 312 g/mol. The number of ketones is 1. The van der Waals surface area contributed by atoms with Gasteiger partial charge in [-0.1, -0.05) is 95.8 Å². The molecule has 0 bridgehead atoms. The van der Waals surface area contributed by atoms with Crippen molar-refractivity contribution in [3.8, 4) is 0 Å². The molecule has 0 heterocycles. The molecule has 2 heteroatoms. The Bertz CT molecular complexity index is 402. The van der Waals surface area contributed by atoms with Crippen molar-refractivity contribution in [2.24, 2.45) is 0 Å². The van der Waals surface area contributed by atoms with Gasteiger partial charge in [0.1, 0.15) is 5.78 Å². The lowest BCUT2D eigenvalue weighted by molar-refractivity contribution is -0.116. The van der Waals surface area contributed by atoms with E-state index in [9.17, 15) is 4.79 Å². The highest BCUT2D eigenvalue weighted by molar-refractivity contribution is 8.00. The molecule has 0 unspecified atom stereocenters. The monoisotopic (exact) mass is 348 g/mol. The van der Waals surface area contributed by atoms with Gasteiger partial charge in [-0.15, -0.1) is 11.8 Å². The van der Waals surface area contributed by atoms with Gasteiger partial charge in [0.2, 0.25) is 0 Å². The fourth-order valence-corrected chi connectivity index (χ4v) is 3.74. The molecule has 0 atom stereocenters. The normalized spacial score (nSPS) is 10.9. The van der Waals surface area contributed by atoms with Crippen LogP contribution in [0, 0.1) is 0 Å². The number of benzene rings is 1. The van der Waals surface area contributed by atoms with Gasteiger partial charge in [0.25, 0.3) is 0 Å². The zero-order valence-corrected chi connectivity index (χ0v) is 16.4. The van der Waals surface area contributed by atoms with E-state index in [0.29, 0.717) is 11.5 Å². The summed E-state index contributed by atoms with van der Waals surface area (Å²) in [5.74, 6) is 1.03. The fourth-order valence-electron chi connectivity index (χ4n) is 2.92. The standard InChI is InChI=1S/C22H36OS/c1-2-3-4-5-6-7-8-9-10-11-12-14-17-21(23)20-24-22-18-15-13-16-19-22/h13,15-16,18-19H,2-12,14,17,20H2,1H3. The maximum atomic E-state index is 11.9. The summed E-state index contributed by atoms with van der Waals surface area (Å²) in [4.78, 5) is 13.1. The van der Waals surface area contributed by atoms with Crippen LogP contribution in [-0.2, 0) is 4.79 Å². The van der Waals surface area contributed by atoms with Gasteiger partial charge < -0.3 is 0 Å². The number of thioether (sulfide) groups is 1. The Morgan fingerprint density at radius 3 is 1.79 bits per heavy atom. The first kappa shape index (κ1) is 21.3. The summed E-state index contributed by atoms with van der Waals surface area (Å²) in [6.45, 7) is 2.27. The Labute approximate surface area is 154 Å². The van der Waals surface area contributed by atoms with Crippen molar-refractivity contribution in [2.75, 3.05) is 5.75 Å². The Morgan fingerprint density at radius 1 is 0.750 bits per heavy atom. The van der Waals surface area contributed by atoms with Crippen LogP contribution < -0.4 is 0 Å². The summed E-state index contributed by atoms with van der Waals surface area (Å²) < 4.78 is 0. The van der Waals surface area contributed by atoms with Crippen molar-refractivity contribution in [2.45, 2.75) is 95.3 Å². The van der Waals surface area contributed by atoms with Crippen molar-refractivity contribution < 1.29 is 4.79 Å². The minimum atomic E-state index is 0.399. The van der Waals surface area contributed by atoms with Crippen LogP contribution in [0.1, 0.15) is 90.4 Å². The van der Waals surface area contributed by atoms with Crippen molar-refractivity contribution in [1.82, 2.24) is 0 Å². The smallest absolute Gasteiger partial charge is 0.143 e. The average molecular weight is 349 g/mol. The number of unbranched alkanes of at least 4 members (excludes halogenated alkanes) is 11. The van der Waals surface area contributed by atoms with Crippen LogP contribution in [-0.4, -0.2) is 11.5 Å². The second-order valence-electron chi connectivity index (χ2n) is 6.78. The van der Waals surface area contributed by atoms with E-state index in [1.165, 1.54) is 75.5 Å². The Hall–Kier alpha value is -0.760. The number of carbonyl (C=O) groups is 1. The van der Waals surface area contributed by atoms with Crippen molar-refractivity contribution in [1.29, 1.82) is 0 Å². The molecule has 1 aromatic rings. The summed E-state index contributed by atoms with van der Waals surface area (Å²) in [7, 11) is 0. The summed E-state index contributed by atoms with van der Waals surface area (Å²) in [6, 6.07) is 10.2. The van der Waals surface area contributed by atoms with Gasteiger partial charge in [0.15, 0.2) is 0 Å². The zero-order valence-electron chi connectivity index (χ0n) is 15.6. The molecular formula is C22H36OS. The van der Waals surface area contributed by atoms with E-state index in [1.54, 1.807) is 11.8 Å². The van der Waals surface area contributed by atoms with Crippen LogP contribution >= 0.6 is 11.8 Å². The van der Waals surface area contributed by atoms with Crippen molar-refractivity contribution >= 4 is 17.5 Å². The van der Waals surface area contributed by atoms with Crippen molar-refractivity contribution in [3.05, 3.63) is 30.3 Å². The van der Waals surface area contributed by atoms with E-state index in [2.05, 4.69) is 19.1 Å². The maximum absolute atomic E-state index is 11.9. The second kappa shape index (κ2) is 15.7. The largest absolute Gasteiger partial charge is 0.299 e. The summed E-state index contributed by atoms with van der Waals surface area (Å²) >= 11 is 1.66. The van der Waals surface area contributed by atoms with E-state index < -0.39 is 0 Å². The Balaban J connectivity index is 1.82. The van der Waals surface area contributed by atoms with Gasteiger partial charge in [-0.25, -0.2) is 0 Å². The third kappa shape index (κ3) is 12.6. The molecule has 24 heavy (non-hydrogen) atoms. The summed E-state index contributed by atoms with van der Waals surface area (Å²) in [5, 5.41) is 0. The minimum Gasteiger partial charge on any atom is -0.299 e. The topological polar surface area (TPSA) is 17.1 Å². The number of rotatable bonds is 16. The molecule has 0 N–H and O–H groups in total. The first-order valence-electron chi connectivity index (χ1n) is 10.0. The van der Waals surface area contributed by atoms with Crippen LogP contribution in [0.25, 0.3) is 0 Å². The summed E-state index contributed by atoms with van der Waals surface area (Å²) in [6.07, 6.45) is 16.9. The number of Topliss-reactive ketones (excluding diaryl/α,β-unsaturated/α-hetero) is 1. The number of carbonyl (C=O) groups excluding carboxylic acids is 1. The number of hydrogen-bond acceptors (Lipinski definition) is 2. The molecule has 0 aliphatic rings. The molecule has 0 saturated heterocycles. The van der Waals surface area contributed by atoms with E-state index in [-0.39, 0.29) is 0 Å². The fraction of sp³-hybridized carbons (Fsp3) is 0.682. The van der Waals surface area contributed by atoms with Gasteiger partial charge >= 0.3 is 0 Å². The highest BCUT2D eigenvalue weighted by atomic mass is 32.2. The minimum absolute atomic E-state index is 0.399. The predicted octanol–water partition coefficient (Wildman–Crippen LogP) is 7.44. The SMILES string of the molecule is CCCCCCCCCCCCCCC(=O)CSc1ccccc1. The molecule has 136 valence electrons. The molecule has 0 aliphatic heterocycles. The lowest BCUT2D eigenvalue weighted by Crippen LogP contribution is -2.00. The second-order valence-corrected chi connectivity index (χ2v) is 7.83. The Morgan fingerprint density at radius 2 is 1.25 bits per heavy atom. The van der Waals surface area contributed by atoms with Crippen molar-refractivity contribution in [3.63, 3.8) is 0 Å². The Kier molecular flexibility index (Phi) is 14.0. The third-order valence-corrected chi connectivity index (χ3v) is 5.52. The molecule has 0 saturated carbocycles. The maximum Gasteiger partial charge on any atom is 0.143 e. The van der Waals surface area contributed by atoms with Crippen LogP contribution in [0.5, 0.6) is 0 Å². The average Bonchev–Trinajstić information content (AvgIpc) is 2.62. The predicted molar refractivity (Wildman–Crippen MR) is 108 cm³/mol. The van der Waals surface area contributed by atoms with Gasteiger partial charge in [-0.3, -0.25) is 4.79 Å². The molecule has 0 aliphatic carbocycles. The lowest BCUT2D eigenvalue weighted by atomic mass is 10.0. The quantitative estimate of drug-likeness (QED) is 0.228. The van der Waals surface area contributed by atoms with Crippen LogP contribution in [0.4, 0.5) is 0 Å². The first-order valence-corrected chi connectivity index (χ1v) is 11.0. The van der Waals surface area contributed by atoms with Gasteiger partial charge in [0, 0.05) is 11.3 Å². The molecule has 1 nitrogen and oxygen atoms in total. The van der Waals surface area contributed by atoms with Crippen LogP contribution in [0.2, 0.25) is 0 Å². The van der Waals surface area contributed by atoms with Crippen LogP contribution in [0.3, 0.4) is 0 Å². The molecule has 1 aromatic carbocycles. The zero-order chi connectivity index (χ0) is 17.3. The van der Waals surface area contributed by atoms with E-state index in [1.807, 2.05) is 18.2 Å². The highest BCUT2D eigenvalue weighted by Gasteiger charge is 2.03.